The highest BCUT2D eigenvalue weighted by molar-refractivity contribution is 7.82. The Morgan fingerprint density at radius 2 is 1.77 bits per heavy atom. The molecule has 1 atom stereocenters. The molecule has 0 aliphatic rings. The van der Waals surface area contributed by atoms with Crippen molar-refractivity contribution in [2.45, 2.75) is 52.2 Å². The van der Waals surface area contributed by atoms with Gasteiger partial charge in [-0.15, -0.1) is 0 Å². The lowest BCUT2D eigenvalue weighted by Gasteiger charge is -2.00. The van der Waals surface area contributed by atoms with E-state index in [4.69, 9.17) is 4.52 Å². The molecule has 1 unspecified atom stereocenters. The van der Waals surface area contributed by atoms with E-state index in [-0.39, 0.29) is 0 Å². The molecule has 0 saturated carbocycles. The zero-order valence-electron chi connectivity index (χ0n) is 9.30. The summed E-state index contributed by atoms with van der Waals surface area (Å²) in [5.74, 6) is 0. The Morgan fingerprint density at radius 1 is 1.15 bits per heavy atom. The highest BCUT2D eigenvalue weighted by Gasteiger charge is 2.41. The molecular weight excluding hydrogens is 199 g/mol. The van der Waals surface area contributed by atoms with Gasteiger partial charge in [0, 0.05) is 0 Å². The second-order valence-corrected chi connectivity index (χ2v) is 14.6. The Bertz CT molecular complexity index is 154. The van der Waals surface area contributed by atoms with E-state index in [0.717, 1.165) is 6.42 Å². The number of hydrogen-bond acceptors (Lipinski definition) is 2. The molecule has 0 N–H and O–H groups in total. The van der Waals surface area contributed by atoms with Gasteiger partial charge in [0.05, 0.1) is 0 Å². The second-order valence-electron chi connectivity index (χ2n) is 4.32. The van der Waals surface area contributed by atoms with Crippen LogP contribution in [0.3, 0.4) is 0 Å². The summed E-state index contributed by atoms with van der Waals surface area (Å²) in [7, 11) is -2.90. The van der Waals surface area contributed by atoms with Crippen molar-refractivity contribution in [3.8, 4) is 0 Å². The lowest BCUT2D eigenvalue weighted by molar-refractivity contribution is 0.323. The lowest BCUT2D eigenvalue weighted by atomic mass is 10.2. The van der Waals surface area contributed by atoms with Crippen LogP contribution in [0.25, 0.3) is 0 Å². The average molecular weight is 221 g/mol. The van der Waals surface area contributed by atoms with E-state index in [1.54, 1.807) is 0 Å². The summed E-state index contributed by atoms with van der Waals surface area (Å²) < 4.78 is 16.8. The van der Waals surface area contributed by atoms with E-state index in [2.05, 4.69) is 26.6 Å². The maximum Gasteiger partial charge on any atom is 0.430 e. The first-order chi connectivity index (χ1) is 5.98. The largest absolute Gasteiger partial charge is 0.430 e. The van der Waals surface area contributed by atoms with E-state index >= 15 is 0 Å². The van der Waals surface area contributed by atoms with Gasteiger partial charge in [-0.25, -0.2) is 0 Å². The summed E-state index contributed by atoms with van der Waals surface area (Å²) >= 11 is 0. The summed E-state index contributed by atoms with van der Waals surface area (Å²) in [4.78, 5) is 0. The number of rotatable bonds is 7. The van der Waals surface area contributed by atoms with Crippen molar-refractivity contribution in [2.24, 2.45) is 0 Å². The first-order valence-electron chi connectivity index (χ1n) is 5.08. The summed E-state index contributed by atoms with van der Waals surface area (Å²) in [5, 5.41) is 0. The van der Waals surface area contributed by atoms with Crippen molar-refractivity contribution in [3.63, 3.8) is 0 Å². The van der Waals surface area contributed by atoms with Crippen molar-refractivity contribution < 1.29 is 9.09 Å². The van der Waals surface area contributed by atoms with Gasteiger partial charge >= 0.3 is 15.3 Å². The Balaban J connectivity index is 3.38. The van der Waals surface area contributed by atoms with Crippen LogP contribution in [0, 0.1) is 0 Å². The molecule has 0 aliphatic carbocycles. The molecule has 0 aliphatic heterocycles. The van der Waals surface area contributed by atoms with Gasteiger partial charge in [0.15, 0.2) is 0 Å². The zero-order valence-corrected chi connectivity index (χ0v) is 11.2. The standard InChI is InChI=1S/C9H22O2PSi/c1-5-6-7-8-9-11-12(10)13(2,3)4/h5-9H2,1-4H3/q+1. The fourth-order valence-electron chi connectivity index (χ4n) is 0.870. The van der Waals surface area contributed by atoms with Gasteiger partial charge in [0.2, 0.25) is 0 Å². The summed E-state index contributed by atoms with van der Waals surface area (Å²) in [6.07, 6.45) is 4.75. The molecule has 2 nitrogen and oxygen atoms in total. The molecule has 0 spiro atoms. The van der Waals surface area contributed by atoms with Gasteiger partial charge in [-0.3, -0.25) is 0 Å². The minimum atomic E-state index is -1.54. The SMILES string of the molecule is CCCCCCO[P+](=O)[Si](C)(C)C. The summed E-state index contributed by atoms with van der Waals surface area (Å²) in [5.41, 5.74) is 0. The molecule has 0 fully saturated rings. The van der Waals surface area contributed by atoms with E-state index in [0.29, 0.717) is 6.61 Å². The third-order valence-corrected chi connectivity index (χ3v) is 6.94. The van der Waals surface area contributed by atoms with Crippen molar-refractivity contribution in [1.82, 2.24) is 0 Å². The third-order valence-electron chi connectivity index (χ3n) is 1.75. The molecule has 13 heavy (non-hydrogen) atoms. The molecule has 0 saturated heterocycles. The van der Waals surface area contributed by atoms with E-state index in [1.165, 1.54) is 19.3 Å². The molecule has 0 aromatic rings. The minimum absolute atomic E-state index is 0.680. The van der Waals surface area contributed by atoms with E-state index in [9.17, 15) is 4.57 Å². The topological polar surface area (TPSA) is 26.3 Å². The first kappa shape index (κ1) is 13.3. The van der Waals surface area contributed by atoms with Crippen LogP contribution < -0.4 is 0 Å². The van der Waals surface area contributed by atoms with Crippen LogP contribution in [0.15, 0.2) is 0 Å². The number of unbranched alkanes of at least 4 members (excludes halogenated alkanes) is 3. The quantitative estimate of drug-likeness (QED) is 0.366. The number of hydrogen-bond donors (Lipinski definition) is 0. The van der Waals surface area contributed by atoms with E-state index < -0.39 is 15.3 Å². The van der Waals surface area contributed by atoms with Crippen LogP contribution in [-0.2, 0) is 9.09 Å². The van der Waals surface area contributed by atoms with Gasteiger partial charge in [-0.05, 0) is 26.1 Å². The Kier molecular flexibility index (Phi) is 6.83. The second kappa shape index (κ2) is 6.69. The Labute approximate surface area is 83.8 Å². The Morgan fingerprint density at radius 3 is 2.23 bits per heavy atom. The predicted octanol–water partition coefficient (Wildman–Crippen LogP) is 4.16. The molecule has 0 aromatic carbocycles. The fraction of sp³-hybridized carbons (Fsp3) is 1.00. The molecule has 0 bridgehead atoms. The molecule has 0 heterocycles. The molecule has 0 rings (SSSR count). The fourth-order valence-corrected chi connectivity index (χ4v) is 2.99. The molecule has 0 amide bonds. The molecule has 0 aromatic heterocycles. The summed E-state index contributed by atoms with van der Waals surface area (Å²) in [6.45, 7) is 9.11. The maximum atomic E-state index is 11.5. The normalized spacial score (nSPS) is 13.1. The van der Waals surface area contributed by atoms with E-state index in [1.807, 2.05) is 0 Å². The van der Waals surface area contributed by atoms with Gasteiger partial charge in [-0.2, -0.15) is 4.52 Å². The summed E-state index contributed by atoms with van der Waals surface area (Å²) in [6, 6.07) is 0. The van der Waals surface area contributed by atoms with Crippen LogP contribution >= 0.6 is 7.58 Å². The van der Waals surface area contributed by atoms with Crippen LogP contribution in [-0.4, -0.2) is 14.3 Å². The molecule has 78 valence electrons. The maximum absolute atomic E-state index is 11.5. The minimum Gasteiger partial charge on any atom is -0.159 e. The van der Waals surface area contributed by atoms with Crippen LogP contribution in [0.5, 0.6) is 0 Å². The zero-order chi connectivity index (χ0) is 10.3. The molecular formula is C9H22O2PSi+. The van der Waals surface area contributed by atoms with Gasteiger partial charge in [-0.1, -0.05) is 30.8 Å². The van der Waals surface area contributed by atoms with Gasteiger partial charge in [0.25, 0.3) is 0 Å². The predicted molar refractivity (Wildman–Crippen MR) is 61.0 cm³/mol. The van der Waals surface area contributed by atoms with Crippen LogP contribution in [0.2, 0.25) is 19.6 Å². The third kappa shape index (κ3) is 7.36. The van der Waals surface area contributed by atoms with Gasteiger partial charge < -0.3 is 0 Å². The Hall–Kier alpha value is 0.277. The average Bonchev–Trinajstić information content (AvgIpc) is 2.02. The van der Waals surface area contributed by atoms with Crippen molar-refractivity contribution in [1.29, 1.82) is 0 Å². The molecule has 4 heteroatoms. The highest BCUT2D eigenvalue weighted by atomic mass is 31.4. The smallest absolute Gasteiger partial charge is 0.159 e. The van der Waals surface area contributed by atoms with Crippen LogP contribution in [0.4, 0.5) is 0 Å². The lowest BCUT2D eigenvalue weighted by Crippen LogP contribution is -2.15. The highest BCUT2D eigenvalue weighted by Crippen LogP contribution is 2.35. The van der Waals surface area contributed by atoms with Gasteiger partial charge in [0.1, 0.15) is 6.61 Å². The van der Waals surface area contributed by atoms with Crippen LogP contribution in [0.1, 0.15) is 32.6 Å². The first-order valence-corrected chi connectivity index (χ1v) is 10.6. The monoisotopic (exact) mass is 221 g/mol. The van der Waals surface area contributed by atoms with Crippen molar-refractivity contribution in [3.05, 3.63) is 0 Å². The van der Waals surface area contributed by atoms with Crippen molar-refractivity contribution >= 4 is 15.3 Å². The molecule has 0 radical (unpaired) electrons. The van der Waals surface area contributed by atoms with Crippen molar-refractivity contribution in [2.75, 3.05) is 6.61 Å².